The Hall–Kier alpha value is -2.27. The number of hydrogen-bond acceptors (Lipinski definition) is 4. The summed E-state index contributed by atoms with van der Waals surface area (Å²) in [5.74, 6) is 2.18. The van der Waals surface area contributed by atoms with Gasteiger partial charge in [0.2, 0.25) is 5.88 Å². The minimum Gasteiger partial charge on any atom is -0.473 e. The number of rotatable bonds is 6. The largest absolute Gasteiger partial charge is 0.473 e. The summed E-state index contributed by atoms with van der Waals surface area (Å²) in [6.45, 7) is 4.03. The molecule has 0 radical (unpaired) electrons. The summed E-state index contributed by atoms with van der Waals surface area (Å²) < 4.78 is 7.72. The Bertz CT molecular complexity index is 839. The van der Waals surface area contributed by atoms with Gasteiger partial charge in [-0.05, 0) is 56.4 Å². The van der Waals surface area contributed by atoms with Crippen LogP contribution in [0.3, 0.4) is 0 Å². The molecule has 4 rings (SSSR count). The molecule has 5 heteroatoms. The first kappa shape index (κ1) is 16.2. The van der Waals surface area contributed by atoms with Crippen molar-refractivity contribution in [2.24, 2.45) is 0 Å². The quantitative estimate of drug-likeness (QED) is 0.621. The normalized spacial score (nSPS) is 14.0. The summed E-state index contributed by atoms with van der Waals surface area (Å²) in [6.07, 6.45) is 6.61. The standard InChI is InChI=1S/C20H21N3OS/c1-14(2)24-20-18(25-17-6-4-3-5-7-17)13-23(22-20)19-11-10-16(12-21-19)15-8-9-15/h3-7,10-15H,8-9H2,1-2H3. The summed E-state index contributed by atoms with van der Waals surface area (Å²) in [6, 6.07) is 14.5. The average molecular weight is 351 g/mol. The fourth-order valence-electron chi connectivity index (χ4n) is 2.64. The molecule has 0 atom stereocenters. The first-order chi connectivity index (χ1) is 12.2. The molecular weight excluding hydrogens is 330 g/mol. The Morgan fingerprint density at radius 2 is 1.92 bits per heavy atom. The van der Waals surface area contributed by atoms with Gasteiger partial charge in [0, 0.05) is 11.1 Å². The fraction of sp³-hybridized carbons (Fsp3) is 0.300. The van der Waals surface area contributed by atoms with Crippen LogP contribution in [0.4, 0.5) is 0 Å². The summed E-state index contributed by atoms with van der Waals surface area (Å²) >= 11 is 1.65. The number of pyridine rings is 1. The van der Waals surface area contributed by atoms with Gasteiger partial charge in [0.25, 0.3) is 0 Å². The summed E-state index contributed by atoms with van der Waals surface area (Å²) in [4.78, 5) is 6.74. The van der Waals surface area contributed by atoms with Gasteiger partial charge in [-0.1, -0.05) is 36.0 Å². The molecule has 25 heavy (non-hydrogen) atoms. The van der Waals surface area contributed by atoms with E-state index in [9.17, 15) is 0 Å². The van der Waals surface area contributed by atoms with Crippen LogP contribution in [0.5, 0.6) is 5.88 Å². The van der Waals surface area contributed by atoms with Crippen molar-refractivity contribution >= 4 is 11.8 Å². The minimum atomic E-state index is 0.0728. The Kier molecular flexibility index (Phi) is 4.49. The van der Waals surface area contributed by atoms with Gasteiger partial charge in [0.1, 0.15) is 0 Å². The van der Waals surface area contributed by atoms with Crippen LogP contribution >= 0.6 is 11.8 Å². The highest BCUT2D eigenvalue weighted by Gasteiger charge is 2.23. The molecule has 0 N–H and O–H groups in total. The number of ether oxygens (including phenoxy) is 1. The third-order valence-corrected chi connectivity index (χ3v) is 5.03. The maximum Gasteiger partial charge on any atom is 0.247 e. The molecule has 2 heterocycles. The SMILES string of the molecule is CC(C)Oc1nn(-c2ccc(C3CC3)cn2)cc1Sc1ccccc1. The van der Waals surface area contributed by atoms with Crippen LogP contribution in [0, 0.1) is 0 Å². The van der Waals surface area contributed by atoms with Crippen LogP contribution in [0.1, 0.15) is 38.2 Å². The van der Waals surface area contributed by atoms with Gasteiger partial charge >= 0.3 is 0 Å². The Balaban J connectivity index is 1.63. The summed E-state index contributed by atoms with van der Waals surface area (Å²) in [7, 11) is 0. The van der Waals surface area contributed by atoms with Gasteiger partial charge in [-0.3, -0.25) is 0 Å². The second-order valence-corrected chi connectivity index (χ2v) is 7.66. The van der Waals surface area contributed by atoms with Gasteiger partial charge < -0.3 is 4.74 Å². The molecule has 3 aromatic rings. The summed E-state index contributed by atoms with van der Waals surface area (Å²) in [5, 5.41) is 4.62. The molecule has 0 bridgehead atoms. The lowest BCUT2D eigenvalue weighted by molar-refractivity contribution is 0.226. The zero-order valence-electron chi connectivity index (χ0n) is 14.4. The maximum absolute atomic E-state index is 5.91. The van der Waals surface area contributed by atoms with Gasteiger partial charge in [-0.2, -0.15) is 0 Å². The molecular formula is C20H21N3OS. The Labute approximate surface area is 152 Å². The minimum absolute atomic E-state index is 0.0728. The lowest BCUT2D eigenvalue weighted by Gasteiger charge is -2.08. The number of aromatic nitrogens is 3. The highest BCUT2D eigenvalue weighted by atomic mass is 32.2. The third-order valence-electron chi connectivity index (χ3n) is 4.02. The maximum atomic E-state index is 5.91. The van der Waals surface area contributed by atoms with Gasteiger partial charge in [-0.15, -0.1) is 5.10 Å². The van der Waals surface area contributed by atoms with E-state index in [0.717, 1.165) is 15.6 Å². The van der Waals surface area contributed by atoms with Crippen molar-refractivity contribution in [3.8, 4) is 11.7 Å². The van der Waals surface area contributed by atoms with E-state index in [1.54, 1.807) is 16.4 Å². The van der Waals surface area contributed by atoms with E-state index in [2.05, 4.69) is 28.3 Å². The number of benzene rings is 1. The first-order valence-electron chi connectivity index (χ1n) is 8.64. The van der Waals surface area contributed by atoms with Crippen molar-refractivity contribution in [3.05, 3.63) is 60.4 Å². The second kappa shape index (κ2) is 6.92. The highest BCUT2D eigenvalue weighted by molar-refractivity contribution is 7.99. The highest BCUT2D eigenvalue weighted by Crippen LogP contribution is 2.40. The van der Waals surface area contributed by atoms with E-state index in [1.165, 1.54) is 18.4 Å². The van der Waals surface area contributed by atoms with Crippen molar-refractivity contribution in [1.29, 1.82) is 0 Å². The van der Waals surface area contributed by atoms with E-state index in [1.807, 2.05) is 50.5 Å². The molecule has 0 aliphatic heterocycles. The Morgan fingerprint density at radius 3 is 2.56 bits per heavy atom. The van der Waals surface area contributed by atoms with Crippen LogP contribution in [0.15, 0.2) is 64.6 Å². The first-order valence-corrected chi connectivity index (χ1v) is 9.46. The molecule has 1 aromatic carbocycles. The van der Waals surface area contributed by atoms with Crippen molar-refractivity contribution in [3.63, 3.8) is 0 Å². The molecule has 1 aliphatic carbocycles. The molecule has 1 saturated carbocycles. The van der Waals surface area contributed by atoms with E-state index in [-0.39, 0.29) is 6.10 Å². The molecule has 0 unspecified atom stereocenters. The Morgan fingerprint density at radius 1 is 1.12 bits per heavy atom. The zero-order chi connectivity index (χ0) is 17.2. The molecule has 2 aromatic heterocycles. The van der Waals surface area contributed by atoms with Crippen LogP contribution < -0.4 is 4.74 Å². The molecule has 0 amide bonds. The zero-order valence-corrected chi connectivity index (χ0v) is 15.2. The predicted octanol–water partition coefficient (Wildman–Crippen LogP) is 5.08. The number of nitrogens with zero attached hydrogens (tertiary/aromatic N) is 3. The topological polar surface area (TPSA) is 39.9 Å². The van der Waals surface area contributed by atoms with E-state index >= 15 is 0 Å². The van der Waals surface area contributed by atoms with E-state index in [4.69, 9.17) is 4.74 Å². The summed E-state index contributed by atoms with van der Waals surface area (Å²) in [5.41, 5.74) is 1.33. The van der Waals surface area contributed by atoms with Gasteiger partial charge in [-0.25, -0.2) is 9.67 Å². The lowest BCUT2D eigenvalue weighted by atomic mass is 10.2. The van der Waals surface area contributed by atoms with Crippen LogP contribution in [-0.4, -0.2) is 20.9 Å². The van der Waals surface area contributed by atoms with Gasteiger partial charge in [0.05, 0.1) is 17.2 Å². The van der Waals surface area contributed by atoms with Crippen molar-refractivity contribution in [2.45, 2.75) is 48.5 Å². The fourth-order valence-corrected chi connectivity index (χ4v) is 3.52. The lowest BCUT2D eigenvalue weighted by Crippen LogP contribution is -2.07. The monoisotopic (exact) mass is 351 g/mol. The smallest absolute Gasteiger partial charge is 0.247 e. The molecule has 4 nitrogen and oxygen atoms in total. The van der Waals surface area contributed by atoms with Crippen molar-refractivity contribution in [2.75, 3.05) is 0 Å². The van der Waals surface area contributed by atoms with Crippen molar-refractivity contribution in [1.82, 2.24) is 14.8 Å². The number of hydrogen-bond donors (Lipinski definition) is 0. The molecule has 1 aliphatic rings. The van der Waals surface area contributed by atoms with Crippen molar-refractivity contribution < 1.29 is 4.74 Å². The molecule has 0 spiro atoms. The van der Waals surface area contributed by atoms with E-state index < -0.39 is 0 Å². The van der Waals surface area contributed by atoms with E-state index in [0.29, 0.717) is 11.8 Å². The molecule has 128 valence electrons. The van der Waals surface area contributed by atoms with Gasteiger partial charge in [0.15, 0.2) is 5.82 Å². The van der Waals surface area contributed by atoms with Crippen LogP contribution in [-0.2, 0) is 0 Å². The van der Waals surface area contributed by atoms with Crippen LogP contribution in [0.2, 0.25) is 0 Å². The van der Waals surface area contributed by atoms with Crippen LogP contribution in [0.25, 0.3) is 5.82 Å². The second-order valence-electron chi connectivity index (χ2n) is 6.55. The third kappa shape index (κ3) is 3.87. The predicted molar refractivity (Wildman–Crippen MR) is 99.7 cm³/mol. The molecule has 1 fully saturated rings. The average Bonchev–Trinajstić information content (AvgIpc) is 3.40. The molecule has 0 saturated heterocycles.